The van der Waals surface area contributed by atoms with Crippen molar-refractivity contribution in [2.24, 2.45) is 0 Å². The number of aromatic nitrogens is 4. The molecule has 202 valence electrons. The van der Waals surface area contributed by atoms with E-state index in [1.54, 1.807) is 27.7 Å². The van der Waals surface area contributed by atoms with Crippen molar-refractivity contribution in [3.63, 3.8) is 0 Å². The van der Waals surface area contributed by atoms with E-state index in [4.69, 9.17) is 19.7 Å². The summed E-state index contributed by atoms with van der Waals surface area (Å²) in [5.41, 5.74) is 3.81. The molecule has 4 rings (SSSR count). The average molecular weight is 540 g/mol. The molecule has 0 atom stereocenters. The third-order valence-corrected chi connectivity index (χ3v) is 5.17. The summed E-state index contributed by atoms with van der Waals surface area (Å²) in [6.07, 6.45) is -1.69. The SMILES string of the molecule is Cc1cc(OCc2c(F)cccc2F)n2nc(C)c(-c3cnn(CCC(=O)O)c3)c2c1.O=C(O)C(F)(F)F. The maximum absolute atomic E-state index is 14.0. The zero-order valence-corrected chi connectivity index (χ0v) is 20.0. The maximum Gasteiger partial charge on any atom is 0.490 e. The first-order valence-electron chi connectivity index (χ1n) is 10.9. The van der Waals surface area contributed by atoms with Crippen LogP contribution in [0.4, 0.5) is 22.0 Å². The normalized spacial score (nSPS) is 11.2. The summed E-state index contributed by atoms with van der Waals surface area (Å²) in [5, 5.41) is 24.8. The number of hydrogen-bond donors (Lipinski definition) is 2. The second-order valence-corrected chi connectivity index (χ2v) is 8.06. The van der Waals surface area contributed by atoms with Crippen molar-refractivity contribution in [3.05, 3.63) is 71.2 Å². The molecule has 0 spiro atoms. The van der Waals surface area contributed by atoms with Crippen LogP contribution in [0.1, 0.15) is 23.2 Å². The van der Waals surface area contributed by atoms with E-state index in [9.17, 15) is 26.7 Å². The highest BCUT2D eigenvalue weighted by Gasteiger charge is 2.38. The number of fused-ring (bicyclic) bond motifs is 1. The number of carboxylic acids is 2. The Bertz CT molecular complexity index is 1460. The van der Waals surface area contributed by atoms with Crippen LogP contribution in [-0.2, 0) is 22.7 Å². The number of carbonyl (C=O) groups is 2. The van der Waals surface area contributed by atoms with E-state index in [0.29, 0.717) is 11.6 Å². The molecular formula is C24H21F5N4O5. The van der Waals surface area contributed by atoms with Crippen LogP contribution in [0, 0.1) is 25.5 Å². The molecular weight excluding hydrogens is 519 g/mol. The van der Waals surface area contributed by atoms with Crippen molar-refractivity contribution in [2.75, 3.05) is 0 Å². The van der Waals surface area contributed by atoms with Crippen molar-refractivity contribution in [2.45, 2.75) is 39.6 Å². The highest BCUT2D eigenvalue weighted by atomic mass is 19.4. The Labute approximate surface area is 211 Å². The molecule has 0 bridgehead atoms. The fourth-order valence-electron chi connectivity index (χ4n) is 3.46. The average Bonchev–Trinajstić information content (AvgIpc) is 3.40. The second-order valence-electron chi connectivity index (χ2n) is 8.06. The van der Waals surface area contributed by atoms with Crippen LogP contribution < -0.4 is 4.74 Å². The predicted octanol–water partition coefficient (Wildman–Crippen LogP) is 4.78. The van der Waals surface area contributed by atoms with Gasteiger partial charge < -0.3 is 14.9 Å². The molecule has 3 aromatic heterocycles. The van der Waals surface area contributed by atoms with E-state index < -0.39 is 29.7 Å². The highest BCUT2D eigenvalue weighted by Crippen LogP contribution is 2.31. The minimum absolute atomic E-state index is 0.0292. The number of hydrogen-bond acceptors (Lipinski definition) is 5. The van der Waals surface area contributed by atoms with Gasteiger partial charge in [0.15, 0.2) is 0 Å². The topological polar surface area (TPSA) is 119 Å². The minimum atomic E-state index is -5.08. The molecule has 14 heteroatoms. The molecule has 2 N–H and O–H groups in total. The fourth-order valence-corrected chi connectivity index (χ4v) is 3.46. The van der Waals surface area contributed by atoms with Crippen molar-refractivity contribution in [1.82, 2.24) is 19.4 Å². The number of rotatable bonds is 7. The van der Waals surface area contributed by atoms with Crippen LogP contribution in [0.25, 0.3) is 16.6 Å². The van der Waals surface area contributed by atoms with Crippen molar-refractivity contribution >= 4 is 17.5 Å². The lowest BCUT2D eigenvalue weighted by Gasteiger charge is -2.11. The van der Waals surface area contributed by atoms with Gasteiger partial charge in [-0.05, 0) is 37.6 Å². The van der Waals surface area contributed by atoms with Gasteiger partial charge >= 0.3 is 18.1 Å². The Morgan fingerprint density at radius 2 is 1.71 bits per heavy atom. The summed E-state index contributed by atoms with van der Waals surface area (Å²) in [7, 11) is 0. The van der Waals surface area contributed by atoms with Crippen molar-refractivity contribution in [1.29, 1.82) is 0 Å². The van der Waals surface area contributed by atoms with Crippen LogP contribution in [-0.4, -0.2) is 47.7 Å². The Morgan fingerprint density at radius 1 is 1.08 bits per heavy atom. The molecule has 4 aromatic rings. The molecule has 0 saturated carbocycles. The summed E-state index contributed by atoms with van der Waals surface area (Å²) in [6.45, 7) is 3.71. The van der Waals surface area contributed by atoms with Crippen LogP contribution in [0.3, 0.4) is 0 Å². The number of aliphatic carboxylic acids is 2. The number of aryl methyl sites for hydroxylation is 3. The van der Waals surface area contributed by atoms with E-state index in [0.717, 1.165) is 22.2 Å². The molecule has 0 saturated heterocycles. The van der Waals surface area contributed by atoms with E-state index in [1.165, 1.54) is 18.2 Å². The summed E-state index contributed by atoms with van der Waals surface area (Å²) in [4.78, 5) is 19.7. The number of halogens is 5. The van der Waals surface area contributed by atoms with Crippen LogP contribution in [0.2, 0.25) is 0 Å². The molecule has 0 aliphatic carbocycles. The summed E-state index contributed by atoms with van der Waals surface area (Å²) >= 11 is 0. The molecule has 0 aliphatic rings. The van der Waals surface area contributed by atoms with Gasteiger partial charge in [0.2, 0.25) is 5.88 Å². The first-order valence-corrected chi connectivity index (χ1v) is 10.9. The molecule has 0 aliphatic heterocycles. The van der Waals surface area contributed by atoms with Gasteiger partial charge in [-0.2, -0.15) is 23.4 Å². The molecule has 9 nitrogen and oxygen atoms in total. The van der Waals surface area contributed by atoms with E-state index in [1.807, 2.05) is 19.9 Å². The van der Waals surface area contributed by atoms with Gasteiger partial charge in [0.1, 0.15) is 18.2 Å². The molecule has 0 radical (unpaired) electrons. The van der Waals surface area contributed by atoms with Gasteiger partial charge in [-0.15, -0.1) is 0 Å². The minimum Gasteiger partial charge on any atom is -0.481 e. The molecule has 3 heterocycles. The number of carboxylic acid groups (broad SMARTS) is 2. The standard InChI is InChI=1S/C22H20F2N4O3.C2HF3O2/c1-13-8-19-22(15-10-25-27(11-15)7-6-21(29)30)14(2)26-28(19)20(9-13)31-12-16-17(23)4-3-5-18(16)24;3-2(4,5)1(6)7/h3-5,8-11H,6-7,12H2,1-2H3,(H,29,30);(H,6,7). The van der Waals surface area contributed by atoms with Gasteiger partial charge in [0.05, 0.1) is 35.9 Å². The Kier molecular flexibility index (Phi) is 8.33. The van der Waals surface area contributed by atoms with Crippen LogP contribution in [0.5, 0.6) is 5.88 Å². The molecule has 38 heavy (non-hydrogen) atoms. The zero-order chi connectivity index (χ0) is 28.2. The molecule has 0 amide bonds. The smallest absolute Gasteiger partial charge is 0.481 e. The lowest BCUT2D eigenvalue weighted by Crippen LogP contribution is -2.21. The largest absolute Gasteiger partial charge is 0.490 e. The van der Waals surface area contributed by atoms with Crippen molar-refractivity contribution < 1.29 is 46.5 Å². The maximum atomic E-state index is 14.0. The quantitative estimate of drug-likeness (QED) is 0.324. The zero-order valence-electron chi connectivity index (χ0n) is 20.0. The number of pyridine rings is 1. The van der Waals surface area contributed by atoms with E-state index in [2.05, 4.69) is 10.2 Å². The van der Waals surface area contributed by atoms with E-state index in [-0.39, 0.29) is 25.1 Å². The van der Waals surface area contributed by atoms with Crippen LogP contribution in [0.15, 0.2) is 42.7 Å². The molecule has 1 aromatic carbocycles. The molecule has 0 fully saturated rings. The van der Waals surface area contributed by atoms with Gasteiger partial charge in [-0.3, -0.25) is 9.48 Å². The predicted molar refractivity (Wildman–Crippen MR) is 123 cm³/mol. The van der Waals surface area contributed by atoms with Crippen LogP contribution >= 0.6 is 0 Å². The third kappa shape index (κ3) is 6.63. The van der Waals surface area contributed by atoms with Crippen molar-refractivity contribution in [3.8, 4) is 17.0 Å². The van der Waals surface area contributed by atoms with E-state index >= 15 is 0 Å². The number of ether oxygens (including phenoxy) is 1. The lowest BCUT2D eigenvalue weighted by molar-refractivity contribution is -0.192. The lowest BCUT2D eigenvalue weighted by atomic mass is 10.1. The number of alkyl halides is 3. The summed E-state index contributed by atoms with van der Waals surface area (Å²) < 4.78 is 68.6. The van der Waals surface area contributed by atoms with Gasteiger partial charge in [-0.1, -0.05) is 6.07 Å². The van der Waals surface area contributed by atoms with Gasteiger partial charge in [-0.25, -0.2) is 18.1 Å². The first kappa shape index (κ1) is 28.1. The third-order valence-electron chi connectivity index (χ3n) is 5.17. The highest BCUT2D eigenvalue weighted by molar-refractivity contribution is 5.82. The first-order chi connectivity index (χ1) is 17.8. The Hall–Kier alpha value is -4.49. The fraction of sp³-hybridized carbons (Fsp3) is 0.250. The monoisotopic (exact) mass is 540 g/mol. The Morgan fingerprint density at radius 3 is 2.29 bits per heavy atom. The summed E-state index contributed by atoms with van der Waals surface area (Å²) in [6, 6.07) is 7.36. The van der Waals surface area contributed by atoms with Gasteiger partial charge in [0, 0.05) is 23.4 Å². The summed E-state index contributed by atoms with van der Waals surface area (Å²) in [5.74, 6) is -4.64. The number of nitrogens with zero attached hydrogens (tertiary/aromatic N) is 4. The molecule has 0 unspecified atom stereocenters. The van der Waals surface area contributed by atoms with Gasteiger partial charge in [0.25, 0.3) is 0 Å². The Balaban J connectivity index is 0.000000505. The second kappa shape index (κ2) is 11.3. The number of benzene rings is 1.